The summed E-state index contributed by atoms with van der Waals surface area (Å²) in [6.07, 6.45) is 0.677. The highest BCUT2D eigenvalue weighted by molar-refractivity contribution is 5.79. The van der Waals surface area contributed by atoms with Crippen LogP contribution in [-0.4, -0.2) is 25.0 Å². The normalized spacial score (nSPS) is 26.2. The first-order valence-electron chi connectivity index (χ1n) is 6.87. The third kappa shape index (κ3) is 2.00. The Hall–Kier alpha value is -1.49. The molecule has 1 aliphatic carbocycles. The Morgan fingerprint density at radius 3 is 2.55 bits per heavy atom. The molecule has 1 N–H and O–H groups in total. The van der Waals surface area contributed by atoms with E-state index in [-0.39, 0.29) is 6.61 Å². The van der Waals surface area contributed by atoms with Crippen LogP contribution in [0.15, 0.2) is 30.3 Å². The van der Waals surface area contributed by atoms with E-state index in [0.717, 1.165) is 5.56 Å². The lowest BCUT2D eigenvalue weighted by molar-refractivity contribution is -0.149. The van der Waals surface area contributed by atoms with E-state index in [1.807, 2.05) is 18.2 Å². The topological polar surface area (TPSA) is 38.3 Å². The van der Waals surface area contributed by atoms with Crippen molar-refractivity contribution in [1.29, 1.82) is 0 Å². The third-order valence-corrected chi connectivity index (χ3v) is 4.45. The van der Waals surface area contributed by atoms with Crippen LogP contribution in [0, 0.1) is 11.3 Å². The molecular formula is C15H17F2NO2. The van der Waals surface area contributed by atoms with E-state index in [1.165, 1.54) is 0 Å². The molecule has 1 aromatic carbocycles. The van der Waals surface area contributed by atoms with Crippen molar-refractivity contribution in [3.8, 4) is 0 Å². The van der Waals surface area contributed by atoms with Gasteiger partial charge in [0.25, 0.3) is 5.92 Å². The van der Waals surface area contributed by atoms with Crippen LogP contribution in [0.5, 0.6) is 0 Å². The molecule has 2 fully saturated rings. The molecule has 1 atom stereocenters. The van der Waals surface area contributed by atoms with Crippen molar-refractivity contribution < 1.29 is 18.3 Å². The highest BCUT2D eigenvalue weighted by Crippen LogP contribution is 2.70. The van der Waals surface area contributed by atoms with Crippen molar-refractivity contribution in [3.05, 3.63) is 35.9 Å². The number of alkyl halides is 2. The lowest BCUT2D eigenvalue weighted by Crippen LogP contribution is -2.32. The number of nitrogens with one attached hydrogen (secondary N) is 1. The second-order valence-corrected chi connectivity index (χ2v) is 5.56. The number of ether oxygens (including phenoxy) is 1. The Morgan fingerprint density at radius 1 is 1.25 bits per heavy atom. The van der Waals surface area contributed by atoms with Crippen LogP contribution in [0.4, 0.5) is 8.78 Å². The lowest BCUT2D eigenvalue weighted by Gasteiger charge is -2.22. The molecule has 0 amide bonds. The molecule has 0 radical (unpaired) electrons. The molecule has 5 heteroatoms. The van der Waals surface area contributed by atoms with Gasteiger partial charge in [0.1, 0.15) is 12.5 Å². The minimum Gasteiger partial charge on any atom is -0.460 e. The molecule has 0 unspecified atom stereocenters. The summed E-state index contributed by atoms with van der Waals surface area (Å²) >= 11 is 0. The Bertz CT molecular complexity index is 498. The molecule has 20 heavy (non-hydrogen) atoms. The van der Waals surface area contributed by atoms with Crippen molar-refractivity contribution in [2.75, 3.05) is 13.1 Å². The van der Waals surface area contributed by atoms with E-state index in [9.17, 15) is 13.6 Å². The number of rotatable bonds is 3. The second kappa shape index (κ2) is 4.81. The van der Waals surface area contributed by atoms with E-state index >= 15 is 0 Å². The van der Waals surface area contributed by atoms with Crippen molar-refractivity contribution in [3.63, 3.8) is 0 Å². The summed E-state index contributed by atoms with van der Waals surface area (Å²) < 4.78 is 33.0. The van der Waals surface area contributed by atoms with Gasteiger partial charge in [-0.25, -0.2) is 8.78 Å². The van der Waals surface area contributed by atoms with Gasteiger partial charge in [-0.2, -0.15) is 0 Å². The van der Waals surface area contributed by atoms with Gasteiger partial charge in [0.15, 0.2) is 0 Å². The molecule has 0 aromatic heterocycles. The summed E-state index contributed by atoms with van der Waals surface area (Å²) in [5.74, 6) is -4.94. The molecule has 3 nitrogen and oxygen atoms in total. The zero-order valence-corrected chi connectivity index (χ0v) is 11.1. The van der Waals surface area contributed by atoms with Gasteiger partial charge in [-0.05, 0) is 31.5 Å². The maximum absolute atomic E-state index is 14.0. The molecule has 1 saturated carbocycles. The number of hydrogen-bond donors (Lipinski definition) is 1. The van der Waals surface area contributed by atoms with Gasteiger partial charge in [-0.1, -0.05) is 30.3 Å². The van der Waals surface area contributed by atoms with E-state index in [2.05, 4.69) is 5.32 Å². The molecule has 1 spiro atoms. The SMILES string of the molecule is O=C(OCc1ccccc1)[C@H]1C(F)(F)C12CCNCC2. The van der Waals surface area contributed by atoms with E-state index in [0.29, 0.717) is 25.9 Å². The summed E-state index contributed by atoms with van der Waals surface area (Å²) in [6, 6.07) is 9.11. The van der Waals surface area contributed by atoms with E-state index < -0.39 is 23.2 Å². The fourth-order valence-electron chi connectivity index (χ4n) is 3.19. The monoisotopic (exact) mass is 281 g/mol. The smallest absolute Gasteiger partial charge is 0.316 e. The minimum atomic E-state index is -2.91. The first-order valence-corrected chi connectivity index (χ1v) is 6.87. The van der Waals surface area contributed by atoms with Gasteiger partial charge < -0.3 is 10.1 Å². The Labute approximate surface area is 116 Å². The number of halogens is 2. The van der Waals surface area contributed by atoms with Crippen LogP contribution >= 0.6 is 0 Å². The van der Waals surface area contributed by atoms with Crippen molar-refractivity contribution in [1.82, 2.24) is 5.32 Å². The Balaban J connectivity index is 1.63. The van der Waals surface area contributed by atoms with Crippen LogP contribution in [0.25, 0.3) is 0 Å². The van der Waals surface area contributed by atoms with Crippen LogP contribution < -0.4 is 5.32 Å². The Morgan fingerprint density at radius 2 is 1.90 bits per heavy atom. The molecule has 0 bridgehead atoms. The highest BCUT2D eigenvalue weighted by atomic mass is 19.3. The standard InChI is InChI=1S/C15H17F2NO2/c16-15(17)12(14(15)6-8-18-9-7-14)13(19)20-10-11-4-2-1-3-5-11/h1-5,12,18H,6-10H2/t12-/m1/s1. The Kier molecular flexibility index (Phi) is 3.24. The van der Waals surface area contributed by atoms with Gasteiger partial charge in [0.05, 0.1) is 5.41 Å². The maximum Gasteiger partial charge on any atom is 0.316 e. The van der Waals surface area contributed by atoms with Crippen molar-refractivity contribution in [2.45, 2.75) is 25.4 Å². The fraction of sp³-hybridized carbons (Fsp3) is 0.533. The highest BCUT2D eigenvalue weighted by Gasteiger charge is 2.83. The molecule has 108 valence electrons. The largest absolute Gasteiger partial charge is 0.460 e. The quantitative estimate of drug-likeness (QED) is 0.864. The molecule has 1 heterocycles. The molecule has 1 saturated heterocycles. The number of benzene rings is 1. The summed E-state index contributed by atoms with van der Waals surface area (Å²) in [5.41, 5.74) is -0.351. The second-order valence-electron chi connectivity index (χ2n) is 5.56. The number of hydrogen-bond acceptors (Lipinski definition) is 3. The summed E-state index contributed by atoms with van der Waals surface area (Å²) in [7, 11) is 0. The molecule has 1 aliphatic heterocycles. The van der Waals surface area contributed by atoms with Crippen LogP contribution in [0.2, 0.25) is 0 Å². The minimum absolute atomic E-state index is 0.0561. The number of carbonyl (C=O) groups is 1. The molecule has 1 aromatic rings. The lowest BCUT2D eigenvalue weighted by atomic mass is 9.91. The van der Waals surface area contributed by atoms with Gasteiger partial charge in [-0.15, -0.1) is 0 Å². The average Bonchev–Trinajstić information content (AvgIpc) is 2.92. The summed E-state index contributed by atoms with van der Waals surface area (Å²) in [6.45, 7) is 1.14. The van der Waals surface area contributed by atoms with E-state index in [1.54, 1.807) is 12.1 Å². The summed E-state index contributed by atoms with van der Waals surface area (Å²) in [4.78, 5) is 11.9. The maximum atomic E-state index is 14.0. The first-order chi connectivity index (χ1) is 9.58. The number of carbonyl (C=O) groups excluding carboxylic acids is 1. The van der Waals surface area contributed by atoms with Crippen LogP contribution in [0.3, 0.4) is 0 Å². The molecule has 2 aliphatic rings. The van der Waals surface area contributed by atoms with Crippen LogP contribution in [-0.2, 0) is 16.1 Å². The molecular weight excluding hydrogens is 264 g/mol. The van der Waals surface area contributed by atoms with Gasteiger partial charge >= 0.3 is 5.97 Å². The zero-order valence-electron chi connectivity index (χ0n) is 11.1. The van der Waals surface area contributed by atoms with Gasteiger partial charge in [0.2, 0.25) is 0 Å². The van der Waals surface area contributed by atoms with Gasteiger partial charge in [-0.3, -0.25) is 4.79 Å². The third-order valence-electron chi connectivity index (χ3n) is 4.45. The number of piperidine rings is 1. The first kappa shape index (κ1) is 13.5. The fourth-order valence-corrected chi connectivity index (χ4v) is 3.19. The number of esters is 1. The van der Waals surface area contributed by atoms with Crippen molar-refractivity contribution in [2.24, 2.45) is 11.3 Å². The predicted octanol–water partition coefficient (Wildman–Crippen LogP) is 2.36. The zero-order chi connectivity index (χ0) is 14.2. The molecule has 3 rings (SSSR count). The van der Waals surface area contributed by atoms with Gasteiger partial charge in [0, 0.05) is 0 Å². The van der Waals surface area contributed by atoms with Crippen molar-refractivity contribution >= 4 is 5.97 Å². The van der Waals surface area contributed by atoms with E-state index in [4.69, 9.17) is 4.74 Å². The van der Waals surface area contributed by atoms with Crippen LogP contribution in [0.1, 0.15) is 18.4 Å². The average molecular weight is 281 g/mol. The summed E-state index contributed by atoms with van der Waals surface area (Å²) in [5, 5.41) is 3.05. The predicted molar refractivity (Wildman–Crippen MR) is 69.2 cm³/mol.